The Hall–Kier alpha value is -1.39. The van der Waals surface area contributed by atoms with Crippen LogP contribution in [0.5, 0.6) is 0 Å². The fourth-order valence-electron chi connectivity index (χ4n) is 1.63. The van der Waals surface area contributed by atoms with E-state index in [4.69, 9.17) is 5.11 Å². The largest absolute Gasteiger partial charge is 0.395 e. The molecule has 0 unspecified atom stereocenters. The van der Waals surface area contributed by atoms with Gasteiger partial charge in [0, 0.05) is 19.3 Å². The van der Waals surface area contributed by atoms with Gasteiger partial charge in [-0.25, -0.2) is 4.98 Å². The van der Waals surface area contributed by atoms with Gasteiger partial charge >= 0.3 is 0 Å². The maximum atomic E-state index is 8.67. The minimum Gasteiger partial charge on any atom is -0.395 e. The summed E-state index contributed by atoms with van der Waals surface area (Å²) in [6.45, 7) is 3.55. The first kappa shape index (κ1) is 10.1. The average Bonchev–Trinajstić information content (AvgIpc) is 2.64. The van der Waals surface area contributed by atoms with Gasteiger partial charge in [0.15, 0.2) is 0 Å². The van der Waals surface area contributed by atoms with Crippen LogP contribution in [-0.2, 0) is 6.54 Å². The number of aliphatic hydroxyl groups is 1. The molecule has 4 heteroatoms. The smallest absolute Gasteiger partial charge is 0.139 e. The van der Waals surface area contributed by atoms with Crippen LogP contribution in [0.4, 0.5) is 0 Å². The third-order valence-electron chi connectivity index (χ3n) is 2.40. The van der Waals surface area contributed by atoms with Crippen LogP contribution in [-0.4, -0.2) is 27.6 Å². The number of pyridine rings is 1. The summed E-state index contributed by atoms with van der Waals surface area (Å²) in [6.07, 6.45) is 3.87. The molecule has 2 rings (SSSR count). The van der Waals surface area contributed by atoms with Gasteiger partial charge in [-0.2, -0.15) is 0 Å². The minimum atomic E-state index is 0.162. The topological polar surface area (TPSA) is 49.6 Å². The molecule has 0 atom stereocenters. The molecule has 15 heavy (non-hydrogen) atoms. The van der Waals surface area contributed by atoms with Crippen LogP contribution < -0.4 is 5.32 Å². The molecular formula is C11H15N3O. The molecule has 0 saturated heterocycles. The zero-order valence-corrected chi connectivity index (χ0v) is 8.77. The van der Waals surface area contributed by atoms with Crippen molar-refractivity contribution in [2.45, 2.75) is 13.5 Å². The third-order valence-corrected chi connectivity index (χ3v) is 2.40. The zero-order valence-electron chi connectivity index (χ0n) is 8.77. The van der Waals surface area contributed by atoms with Crippen molar-refractivity contribution >= 4 is 5.65 Å². The Labute approximate surface area is 88.6 Å². The van der Waals surface area contributed by atoms with Gasteiger partial charge in [-0.3, -0.25) is 0 Å². The van der Waals surface area contributed by atoms with Crippen molar-refractivity contribution in [2.24, 2.45) is 0 Å². The first-order valence-electron chi connectivity index (χ1n) is 5.06. The van der Waals surface area contributed by atoms with Crippen molar-refractivity contribution in [2.75, 3.05) is 13.2 Å². The molecule has 4 nitrogen and oxygen atoms in total. The van der Waals surface area contributed by atoms with E-state index < -0.39 is 0 Å². The first-order valence-corrected chi connectivity index (χ1v) is 5.06. The molecule has 0 radical (unpaired) electrons. The van der Waals surface area contributed by atoms with Crippen LogP contribution in [0.1, 0.15) is 11.3 Å². The first-order chi connectivity index (χ1) is 7.33. The van der Waals surface area contributed by atoms with Crippen molar-refractivity contribution in [3.63, 3.8) is 0 Å². The Balaban J connectivity index is 2.25. The van der Waals surface area contributed by atoms with Crippen molar-refractivity contribution in [3.05, 3.63) is 35.8 Å². The number of hydrogen-bond acceptors (Lipinski definition) is 3. The van der Waals surface area contributed by atoms with Crippen LogP contribution in [0.15, 0.2) is 24.5 Å². The van der Waals surface area contributed by atoms with Gasteiger partial charge in [0.2, 0.25) is 0 Å². The van der Waals surface area contributed by atoms with Crippen LogP contribution in [0.25, 0.3) is 5.65 Å². The van der Waals surface area contributed by atoms with Gasteiger partial charge in [0.25, 0.3) is 0 Å². The van der Waals surface area contributed by atoms with Gasteiger partial charge in [-0.05, 0) is 18.6 Å². The van der Waals surface area contributed by atoms with Crippen LogP contribution in [0.2, 0.25) is 0 Å². The van der Waals surface area contributed by atoms with E-state index in [9.17, 15) is 0 Å². The second kappa shape index (κ2) is 4.42. The van der Waals surface area contributed by atoms with Gasteiger partial charge in [0.05, 0.1) is 18.5 Å². The maximum Gasteiger partial charge on any atom is 0.139 e. The maximum absolute atomic E-state index is 8.67. The molecule has 2 N–H and O–H groups in total. The second-order valence-electron chi connectivity index (χ2n) is 3.53. The molecule has 2 heterocycles. The second-order valence-corrected chi connectivity index (χ2v) is 3.53. The molecule has 0 bridgehead atoms. The highest BCUT2D eigenvalue weighted by atomic mass is 16.3. The SMILES string of the molecule is Cc1cccn2c(CNCCO)cnc12. The summed E-state index contributed by atoms with van der Waals surface area (Å²) in [5.41, 5.74) is 3.28. The number of aryl methyl sites for hydroxylation is 1. The van der Waals surface area contributed by atoms with E-state index in [0.717, 1.165) is 17.9 Å². The Bertz CT molecular complexity index is 450. The minimum absolute atomic E-state index is 0.162. The zero-order chi connectivity index (χ0) is 10.7. The summed E-state index contributed by atoms with van der Waals surface area (Å²) in [5, 5.41) is 11.8. The number of rotatable bonds is 4. The Morgan fingerprint density at radius 3 is 3.20 bits per heavy atom. The van der Waals surface area contributed by atoms with Gasteiger partial charge < -0.3 is 14.8 Å². The van der Waals surface area contributed by atoms with E-state index in [2.05, 4.69) is 14.7 Å². The highest BCUT2D eigenvalue weighted by Crippen LogP contribution is 2.10. The van der Waals surface area contributed by atoms with Crippen molar-refractivity contribution in [3.8, 4) is 0 Å². The normalized spacial score (nSPS) is 11.1. The number of nitrogens with zero attached hydrogens (tertiary/aromatic N) is 2. The predicted molar refractivity (Wildman–Crippen MR) is 58.7 cm³/mol. The Morgan fingerprint density at radius 1 is 1.53 bits per heavy atom. The lowest BCUT2D eigenvalue weighted by molar-refractivity contribution is 0.291. The van der Waals surface area contributed by atoms with Gasteiger partial charge in [0.1, 0.15) is 5.65 Å². The van der Waals surface area contributed by atoms with E-state index in [-0.39, 0.29) is 6.61 Å². The fourth-order valence-corrected chi connectivity index (χ4v) is 1.63. The van der Waals surface area contributed by atoms with E-state index >= 15 is 0 Å². The van der Waals surface area contributed by atoms with E-state index in [1.807, 2.05) is 31.5 Å². The molecule has 0 aromatic carbocycles. The molecule has 0 saturated carbocycles. The van der Waals surface area contributed by atoms with Crippen molar-refractivity contribution in [1.82, 2.24) is 14.7 Å². The van der Waals surface area contributed by atoms with Crippen molar-refractivity contribution < 1.29 is 5.11 Å². The van der Waals surface area contributed by atoms with E-state index in [1.165, 1.54) is 5.56 Å². The van der Waals surface area contributed by atoms with Gasteiger partial charge in [-0.15, -0.1) is 0 Å². The Morgan fingerprint density at radius 2 is 2.40 bits per heavy atom. The summed E-state index contributed by atoms with van der Waals surface area (Å²) >= 11 is 0. The molecule has 0 aliphatic heterocycles. The number of aromatic nitrogens is 2. The number of imidazole rings is 1. The molecular weight excluding hydrogens is 190 g/mol. The van der Waals surface area contributed by atoms with E-state index in [0.29, 0.717) is 6.54 Å². The van der Waals surface area contributed by atoms with E-state index in [1.54, 1.807) is 0 Å². The molecule has 80 valence electrons. The third kappa shape index (κ3) is 2.00. The Kier molecular flexibility index (Phi) is 2.99. The highest BCUT2D eigenvalue weighted by molar-refractivity contribution is 5.48. The number of fused-ring (bicyclic) bond motifs is 1. The average molecular weight is 205 g/mol. The lowest BCUT2D eigenvalue weighted by atomic mass is 10.3. The highest BCUT2D eigenvalue weighted by Gasteiger charge is 2.03. The van der Waals surface area contributed by atoms with Crippen molar-refractivity contribution in [1.29, 1.82) is 0 Å². The van der Waals surface area contributed by atoms with Crippen LogP contribution in [0.3, 0.4) is 0 Å². The molecule has 0 spiro atoms. The summed E-state index contributed by atoms with van der Waals surface area (Å²) in [6, 6.07) is 4.06. The lowest BCUT2D eigenvalue weighted by Gasteiger charge is -2.03. The fraction of sp³-hybridized carbons (Fsp3) is 0.364. The number of nitrogens with one attached hydrogen (secondary N) is 1. The summed E-state index contributed by atoms with van der Waals surface area (Å²) in [5.74, 6) is 0. The molecule has 2 aromatic rings. The lowest BCUT2D eigenvalue weighted by Crippen LogP contribution is -2.18. The summed E-state index contributed by atoms with van der Waals surface area (Å²) in [4.78, 5) is 4.36. The predicted octanol–water partition coefficient (Wildman–Crippen LogP) is 0.725. The molecule has 2 aromatic heterocycles. The number of hydrogen-bond donors (Lipinski definition) is 2. The van der Waals surface area contributed by atoms with Crippen LogP contribution >= 0.6 is 0 Å². The quantitative estimate of drug-likeness (QED) is 0.723. The standard InChI is InChI=1S/C11H15N3O/c1-9-3-2-5-14-10(7-12-4-6-15)8-13-11(9)14/h2-3,5,8,12,15H,4,6-7H2,1H3. The summed E-state index contributed by atoms with van der Waals surface area (Å²) in [7, 11) is 0. The van der Waals surface area contributed by atoms with Gasteiger partial charge in [-0.1, -0.05) is 6.07 Å². The summed E-state index contributed by atoms with van der Waals surface area (Å²) < 4.78 is 2.07. The molecule has 0 fully saturated rings. The van der Waals surface area contributed by atoms with Crippen LogP contribution in [0, 0.1) is 6.92 Å². The molecule has 0 amide bonds. The monoisotopic (exact) mass is 205 g/mol. The number of aliphatic hydroxyl groups excluding tert-OH is 1. The molecule has 0 aliphatic rings. The molecule has 0 aliphatic carbocycles.